The molecule has 0 aliphatic carbocycles. The van der Waals surface area contributed by atoms with Gasteiger partial charge in [-0.2, -0.15) is 5.10 Å². The highest BCUT2D eigenvalue weighted by atomic mass is 16.3. The number of carbonyl (C=O) groups is 2. The zero-order chi connectivity index (χ0) is 18.5. The minimum Gasteiger partial charge on any atom is -0.459 e. The smallest absolute Gasteiger partial charge is 0.286 e. The summed E-state index contributed by atoms with van der Waals surface area (Å²) in [5, 5.41) is 9.92. The molecule has 0 fully saturated rings. The van der Waals surface area contributed by atoms with Crippen LogP contribution in [0.15, 0.2) is 53.1 Å². The number of aromatic nitrogens is 2. The molecule has 0 atom stereocenters. The van der Waals surface area contributed by atoms with Crippen LogP contribution in [0.2, 0.25) is 0 Å². The predicted octanol–water partition coefficient (Wildman–Crippen LogP) is 2.84. The number of carbonyl (C=O) groups excluding carboxylic acids is 2. The number of hydrogen-bond acceptors (Lipinski definition) is 4. The van der Waals surface area contributed by atoms with E-state index in [-0.39, 0.29) is 30.5 Å². The summed E-state index contributed by atoms with van der Waals surface area (Å²) in [6, 6.07) is 12.7. The minimum atomic E-state index is -0.339. The lowest BCUT2D eigenvalue weighted by molar-refractivity contribution is -0.116. The van der Waals surface area contributed by atoms with Crippen molar-refractivity contribution >= 4 is 17.5 Å². The van der Waals surface area contributed by atoms with Crippen molar-refractivity contribution in [1.29, 1.82) is 0 Å². The van der Waals surface area contributed by atoms with Crippen LogP contribution in [0.1, 0.15) is 28.4 Å². The van der Waals surface area contributed by atoms with Crippen molar-refractivity contribution in [3.63, 3.8) is 0 Å². The second kappa shape index (κ2) is 7.69. The fraction of sp³-hybridized carbons (Fsp3) is 0.211. The van der Waals surface area contributed by atoms with E-state index < -0.39 is 0 Å². The van der Waals surface area contributed by atoms with Gasteiger partial charge in [-0.05, 0) is 50.2 Å². The highest BCUT2D eigenvalue weighted by Crippen LogP contribution is 2.17. The number of benzene rings is 1. The van der Waals surface area contributed by atoms with Gasteiger partial charge < -0.3 is 15.1 Å². The highest BCUT2D eigenvalue weighted by Gasteiger charge is 2.10. The Kier molecular flexibility index (Phi) is 5.17. The van der Waals surface area contributed by atoms with E-state index in [4.69, 9.17) is 4.42 Å². The quantitative estimate of drug-likeness (QED) is 0.714. The van der Waals surface area contributed by atoms with Crippen LogP contribution < -0.4 is 10.6 Å². The summed E-state index contributed by atoms with van der Waals surface area (Å²) in [5.74, 6) is -0.299. The van der Waals surface area contributed by atoms with Gasteiger partial charge in [0.05, 0.1) is 17.6 Å². The summed E-state index contributed by atoms with van der Waals surface area (Å²) in [6.45, 7) is 4.14. The Labute approximate surface area is 151 Å². The van der Waals surface area contributed by atoms with Gasteiger partial charge in [-0.1, -0.05) is 6.07 Å². The normalized spacial score (nSPS) is 10.5. The van der Waals surface area contributed by atoms with E-state index in [1.807, 2.05) is 48.9 Å². The fourth-order valence-electron chi connectivity index (χ4n) is 2.61. The van der Waals surface area contributed by atoms with Gasteiger partial charge in [0.15, 0.2) is 5.76 Å². The second-order valence-electron chi connectivity index (χ2n) is 5.92. The summed E-state index contributed by atoms with van der Waals surface area (Å²) in [7, 11) is 0. The fourth-order valence-corrected chi connectivity index (χ4v) is 2.61. The van der Waals surface area contributed by atoms with Crippen molar-refractivity contribution in [3.05, 3.63) is 65.9 Å². The van der Waals surface area contributed by atoms with Crippen molar-refractivity contribution in [2.24, 2.45) is 0 Å². The van der Waals surface area contributed by atoms with Crippen LogP contribution in [0.5, 0.6) is 0 Å². The zero-order valence-corrected chi connectivity index (χ0v) is 14.7. The van der Waals surface area contributed by atoms with Crippen molar-refractivity contribution in [3.8, 4) is 5.69 Å². The van der Waals surface area contributed by atoms with E-state index in [0.29, 0.717) is 5.69 Å². The van der Waals surface area contributed by atoms with E-state index in [1.54, 1.807) is 12.1 Å². The molecular weight excluding hydrogens is 332 g/mol. The van der Waals surface area contributed by atoms with Gasteiger partial charge in [-0.15, -0.1) is 0 Å². The largest absolute Gasteiger partial charge is 0.459 e. The average Bonchev–Trinajstić information content (AvgIpc) is 3.24. The van der Waals surface area contributed by atoms with Crippen LogP contribution in [0, 0.1) is 13.8 Å². The molecule has 2 N–H and O–H groups in total. The van der Waals surface area contributed by atoms with Crippen molar-refractivity contribution in [2.75, 3.05) is 11.9 Å². The second-order valence-corrected chi connectivity index (χ2v) is 5.92. The Bertz CT molecular complexity index is 913. The van der Waals surface area contributed by atoms with Gasteiger partial charge in [-0.25, -0.2) is 4.68 Å². The molecule has 7 nitrogen and oxygen atoms in total. The number of anilines is 1. The number of rotatable bonds is 6. The van der Waals surface area contributed by atoms with Gasteiger partial charge >= 0.3 is 0 Å². The third kappa shape index (κ3) is 4.18. The van der Waals surface area contributed by atoms with Gasteiger partial charge in [0.25, 0.3) is 5.91 Å². The van der Waals surface area contributed by atoms with Crippen LogP contribution in [0.25, 0.3) is 5.69 Å². The maximum absolute atomic E-state index is 12.1. The number of aryl methyl sites for hydroxylation is 2. The monoisotopic (exact) mass is 352 g/mol. The first kappa shape index (κ1) is 17.5. The first-order valence-electron chi connectivity index (χ1n) is 8.28. The molecule has 2 aromatic heterocycles. The van der Waals surface area contributed by atoms with Crippen LogP contribution in [0.3, 0.4) is 0 Å². The molecule has 0 radical (unpaired) electrons. The van der Waals surface area contributed by atoms with E-state index in [2.05, 4.69) is 15.7 Å². The predicted molar refractivity (Wildman–Crippen MR) is 97.3 cm³/mol. The maximum atomic E-state index is 12.1. The summed E-state index contributed by atoms with van der Waals surface area (Å²) < 4.78 is 6.82. The Hall–Kier alpha value is -3.35. The van der Waals surface area contributed by atoms with E-state index in [1.165, 1.54) is 6.26 Å². The molecule has 7 heteroatoms. The lowest BCUT2D eigenvalue weighted by atomic mass is 10.2. The van der Waals surface area contributed by atoms with E-state index in [0.717, 1.165) is 17.1 Å². The average molecular weight is 352 g/mol. The highest BCUT2D eigenvalue weighted by molar-refractivity contribution is 5.93. The number of amides is 2. The topological polar surface area (TPSA) is 89.2 Å². The molecule has 0 bridgehead atoms. The third-order valence-corrected chi connectivity index (χ3v) is 3.77. The first-order chi connectivity index (χ1) is 12.5. The lowest BCUT2D eigenvalue weighted by Crippen LogP contribution is -2.27. The van der Waals surface area contributed by atoms with E-state index >= 15 is 0 Å². The van der Waals surface area contributed by atoms with Gasteiger partial charge in [0, 0.05) is 24.3 Å². The number of nitrogens with one attached hydrogen (secondary N) is 2. The van der Waals surface area contributed by atoms with Crippen LogP contribution >= 0.6 is 0 Å². The van der Waals surface area contributed by atoms with Crippen molar-refractivity contribution in [2.45, 2.75) is 20.3 Å². The summed E-state index contributed by atoms with van der Waals surface area (Å²) >= 11 is 0. The summed E-state index contributed by atoms with van der Waals surface area (Å²) in [4.78, 5) is 23.8. The molecule has 134 valence electrons. The zero-order valence-electron chi connectivity index (χ0n) is 14.7. The van der Waals surface area contributed by atoms with Crippen molar-refractivity contribution < 1.29 is 14.0 Å². The Morgan fingerprint density at radius 1 is 1.15 bits per heavy atom. The Balaban J connectivity index is 1.55. The Morgan fingerprint density at radius 3 is 2.69 bits per heavy atom. The third-order valence-electron chi connectivity index (χ3n) is 3.77. The van der Waals surface area contributed by atoms with Crippen LogP contribution in [-0.4, -0.2) is 28.1 Å². The molecule has 2 amide bonds. The molecule has 2 heterocycles. The molecule has 0 saturated carbocycles. The van der Waals surface area contributed by atoms with E-state index in [9.17, 15) is 9.59 Å². The SMILES string of the molecule is Cc1cc(C)n(-c2cccc(NC(=O)CCNC(=O)c3ccco3)c2)n1. The summed E-state index contributed by atoms with van der Waals surface area (Å²) in [5.41, 5.74) is 3.51. The van der Waals surface area contributed by atoms with Crippen LogP contribution in [0.4, 0.5) is 5.69 Å². The Morgan fingerprint density at radius 2 is 2.00 bits per heavy atom. The molecule has 0 saturated heterocycles. The molecule has 0 aliphatic heterocycles. The van der Waals surface area contributed by atoms with Gasteiger partial charge in [0.1, 0.15) is 0 Å². The molecule has 0 aliphatic rings. The lowest BCUT2D eigenvalue weighted by Gasteiger charge is -2.09. The summed E-state index contributed by atoms with van der Waals surface area (Å²) in [6.07, 6.45) is 1.59. The van der Waals surface area contributed by atoms with Crippen molar-refractivity contribution in [1.82, 2.24) is 15.1 Å². The number of nitrogens with zero attached hydrogens (tertiary/aromatic N) is 2. The maximum Gasteiger partial charge on any atom is 0.286 e. The van der Waals surface area contributed by atoms with Gasteiger partial charge in [0.2, 0.25) is 5.91 Å². The number of hydrogen-bond donors (Lipinski definition) is 2. The molecular formula is C19H20N4O3. The van der Waals surface area contributed by atoms with Gasteiger partial charge in [-0.3, -0.25) is 9.59 Å². The van der Waals surface area contributed by atoms with Crippen LogP contribution in [-0.2, 0) is 4.79 Å². The number of furan rings is 1. The molecule has 3 rings (SSSR count). The molecule has 3 aromatic rings. The standard InChI is InChI=1S/C19H20N4O3/c1-13-11-14(2)23(22-13)16-6-3-5-15(12-16)21-18(24)8-9-20-19(25)17-7-4-10-26-17/h3-7,10-12H,8-9H2,1-2H3,(H,20,25)(H,21,24). The minimum absolute atomic E-state index is 0.163. The molecule has 26 heavy (non-hydrogen) atoms. The molecule has 0 unspecified atom stereocenters. The molecule has 1 aromatic carbocycles. The molecule has 0 spiro atoms. The first-order valence-corrected chi connectivity index (χ1v) is 8.28.